The van der Waals surface area contributed by atoms with Gasteiger partial charge >= 0.3 is 0 Å². The van der Waals surface area contributed by atoms with Crippen molar-refractivity contribution in [2.45, 2.75) is 24.5 Å². The van der Waals surface area contributed by atoms with Crippen molar-refractivity contribution in [3.05, 3.63) is 16.1 Å². The van der Waals surface area contributed by atoms with Crippen LogP contribution in [0.25, 0.3) is 0 Å². The maximum atomic E-state index is 13.4. The van der Waals surface area contributed by atoms with Crippen LogP contribution >= 0.6 is 11.3 Å². The molecule has 0 saturated carbocycles. The van der Waals surface area contributed by atoms with Gasteiger partial charge in [0.15, 0.2) is 6.17 Å². The summed E-state index contributed by atoms with van der Waals surface area (Å²) >= 11 is 1.05. The molecule has 0 aromatic carbocycles. The molecule has 0 unspecified atom stereocenters. The number of alkyl halides is 1. The van der Waals surface area contributed by atoms with Crippen LogP contribution in [0.15, 0.2) is 5.38 Å². The molecule has 4 atom stereocenters. The summed E-state index contributed by atoms with van der Waals surface area (Å²) in [6.07, 6.45) is -5.12. The van der Waals surface area contributed by atoms with E-state index >= 15 is 0 Å². The van der Waals surface area contributed by atoms with Crippen molar-refractivity contribution in [3.8, 4) is 0 Å². The van der Waals surface area contributed by atoms with Crippen LogP contribution in [0.2, 0.25) is 0 Å². The number of thiazole rings is 1. The second-order valence-electron chi connectivity index (χ2n) is 3.65. The number of carbonyl (C=O) groups excluding carboxylic acids is 1. The molecule has 1 aromatic rings. The molecular weight excluding hydrogens is 251 g/mol. The van der Waals surface area contributed by atoms with E-state index in [0.717, 1.165) is 11.3 Å². The predicted octanol–water partition coefficient (Wildman–Crippen LogP) is -0.627. The Morgan fingerprint density at radius 1 is 1.71 bits per heavy atom. The van der Waals surface area contributed by atoms with Gasteiger partial charge in [-0.2, -0.15) is 0 Å². The first-order valence-electron chi connectivity index (χ1n) is 4.88. The number of rotatable bonds is 3. The summed E-state index contributed by atoms with van der Waals surface area (Å²) in [5, 5.41) is 20.1. The van der Waals surface area contributed by atoms with Crippen molar-refractivity contribution in [2.24, 2.45) is 5.73 Å². The van der Waals surface area contributed by atoms with Gasteiger partial charge in [-0.15, -0.1) is 11.3 Å². The van der Waals surface area contributed by atoms with Gasteiger partial charge in [0.1, 0.15) is 29.0 Å². The first-order valence-corrected chi connectivity index (χ1v) is 5.76. The predicted molar refractivity (Wildman–Crippen MR) is 56.2 cm³/mol. The number of carbonyl (C=O) groups is 1. The highest BCUT2D eigenvalue weighted by molar-refractivity contribution is 7.09. The highest BCUT2D eigenvalue weighted by Crippen LogP contribution is 2.36. The van der Waals surface area contributed by atoms with E-state index < -0.39 is 37.0 Å². The molecule has 94 valence electrons. The molecule has 8 heteroatoms. The van der Waals surface area contributed by atoms with Crippen LogP contribution in [-0.2, 0) is 4.74 Å². The molecule has 1 saturated heterocycles. The lowest BCUT2D eigenvalue weighted by molar-refractivity contribution is -0.0142. The Bertz CT molecular complexity index is 427. The normalized spacial score (nSPS) is 32.9. The number of ether oxygens (including phenoxy) is 1. The molecule has 2 heterocycles. The fourth-order valence-corrected chi connectivity index (χ4v) is 2.49. The summed E-state index contributed by atoms with van der Waals surface area (Å²) in [6.45, 7) is -0.525. The molecule has 17 heavy (non-hydrogen) atoms. The molecule has 0 spiro atoms. The molecule has 0 aliphatic carbocycles. The van der Waals surface area contributed by atoms with Crippen LogP contribution in [0, 0.1) is 0 Å². The minimum Gasteiger partial charge on any atom is -0.394 e. The summed E-state index contributed by atoms with van der Waals surface area (Å²) in [4.78, 5) is 14.7. The first-order chi connectivity index (χ1) is 8.04. The van der Waals surface area contributed by atoms with Gasteiger partial charge in [0.05, 0.1) is 6.61 Å². The largest absolute Gasteiger partial charge is 0.394 e. The minimum atomic E-state index is -1.68. The highest BCUT2D eigenvalue weighted by Gasteiger charge is 2.45. The SMILES string of the molecule is NC(=O)c1csc([C@@H]2O[C@H](CO)[C@H](F)[C@H]2O)n1. The van der Waals surface area contributed by atoms with Crippen molar-refractivity contribution in [1.29, 1.82) is 0 Å². The summed E-state index contributed by atoms with van der Waals surface area (Å²) in [6, 6.07) is 0. The highest BCUT2D eigenvalue weighted by atomic mass is 32.1. The molecular formula is C9H11FN2O4S. The van der Waals surface area contributed by atoms with E-state index in [-0.39, 0.29) is 10.7 Å². The number of aliphatic hydroxyl groups excluding tert-OH is 2. The molecule has 0 radical (unpaired) electrons. The zero-order valence-corrected chi connectivity index (χ0v) is 9.43. The number of primary amides is 1. The van der Waals surface area contributed by atoms with Gasteiger partial charge < -0.3 is 20.7 Å². The number of amides is 1. The fourth-order valence-electron chi connectivity index (χ4n) is 1.61. The number of hydrogen-bond donors (Lipinski definition) is 3. The monoisotopic (exact) mass is 262 g/mol. The maximum Gasteiger partial charge on any atom is 0.268 e. The molecule has 1 amide bonds. The third-order valence-corrected chi connectivity index (χ3v) is 3.42. The number of aliphatic hydroxyl groups is 2. The van der Waals surface area contributed by atoms with Gasteiger partial charge in [0.2, 0.25) is 0 Å². The van der Waals surface area contributed by atoms with Gasteiger partial charge in [0, 0.05) is 5.38 Å². The number of nitrogens with two attached hydrogens (primary N) is 1. The van der Waals surface area contributed by atoms with Gasteiger partial charge in [-0.1, -0.05) is 0 Å². The zero-order chi connectivity index (χ0) is 12.6. The molecule has 6 nitrogen and oxygen atoms in total. The topological polar surface area (TPSA) is 106 Å². The average Bonchev–Trinajstić information content (AvgIpc) is 2.87. The van der Waals surface area contributed by atoms with E-state index in [1.165, 1.54) is 5.38 Å². The smallest absolute Gasteiger partial charge is 0.268 e. The third kappa shape index (κ3) is 2.16. The van der Waals surface area contributed by atoms with Gasteiger partial charge in [0.25, 0.3) is 5.91 Å². The lowest BCUT2D eigenvalue weighted by Gasteiger charge is -2.10. The van der Waals surface area contributed by atoms with E-state index in [0.29, 0.717) is 0 Å². The standard InChI is InChI=1S/C9H11FN2O4S/c10-5-4(1-13)16-7(6(5)14)9-12-3(2-17-9)8(11)15/h2,4-7,13-14H,1H2,(H2,11,15)/t4-,5+,6-,7-/m1/s1. The van der Waals surface area contributed by atoms with Crippen LogP contribution in [-0.4, -0.2) is 46.1 Å². The van der Waals surface area contributed by atoms with E-state index in [4.69, 9.17) is 15.6 Å². The second kappa shape index (κ2) is 4.65. The number of hydrogen-bond acceptors (Lipinski definition) is 6. The number of halogens is 1. The number of aromatic nitrogens is 1. The Kier molecular flexibility index (Phi) is 3.38. The number of nitrogens with zero attached hydrogens (tertiary/aromatic N) is 1. The van der Waals surface area contributed by atoms with Gasteiger partial charge in [-0.3, -0.25) is 4.79 Å². The van der Waals surface area contributed by atoms with Crippen LogP contribution in [0.5, 0.6) is 0 Å². The Hall–Kier alpha value is -1.09. The van der Waals surface area contributed by atoms with Crippen LogP contribution in [0.1, 0.15) is 21.6 Å². The molecule has 1 fully saturated rings. The quantitative estimate of drug-likeness (QED) is 0.672. The van der Waals surface area contributed by atoms with E-state index in [9.17, 15) is 14.3 Å². The van der Waals surface area contributed by atoms with Crippen molar-refractivity contribution < 1.29 is 24.1 Å². The Balaban J connectivity index is 2.19. The Morgan fingerprint density at radius 3 is 2.88 bits per heavy atom. The summed E-state index contributed by atoms with van der Waals surface area (Å²) in [5.74, 6) is -0.699. The third-order valence-electron chi connectivity index (χ3n) is 2.51. The van der Waals surface area contributed by atoms with Gasteiger partial charge in [-0.25, -0.2) is 9.37 Å². The van der Waals surface area contributed by atoms with Gasteiger partial charge in [-0.05, 0) is 0 Å². The lowest BCUT2D eigenvalue weighted by atomic mass is 10.1. The van der Waals surface area contributed by atoms with Crippen molar-refractivity contribution >= 4 is 17.2 Å². The second-order valence-corrected chi connectivity index (χ2v) is 4.54. The zero-order valence-electron chi connectivity index (χ0n) is 8.62. The van der Waals surface area contributed by atoms with Crippen molar-refractivity contribution in [3.63, 3.8) is 0 Å². The molecule has 4 N–H and O–H groups in total. The fraction of sp³-hybridized carbons (Fsp3) is 0.556. The maximum absolute atomic E-state index is 13.4. The Morgan fingerprint density at radius 2 is 2.41 bits per heavy atom. The molecule has 1 aliphatic heterocycles. The summed E-state index contributed by atoms with van der Waals surface area (Å²) in [5.41, 5.74) is 5.07. The van der Waals surface area contributed by atoms with E-state index in [1.807, 2.05) is 0 Å². The molecule has 2 rings (SSSR count). The molecule has 1 aliphatic rings. The van der Waals surface area contributed by atoms with Crippen LogP contribution in [0.3, 0.4) is 0 Å². The van der Waals surface area contributed by atoms with Crippen LogP contribution < -0.4 is 5.73 Å². The van der Waals surface area contributed by atoms with Crippen LogP contribution in [0.4, 0.5) is 4.39 Å². The minimum absolute atomic E-state index is 0.0451. The van der Waals surface area contributed by atoms with E-state index in [1.54, 1.807) is 0 Å². The summed E-state index contributed by atoms with van der Waals surface area (Å²) < 4.78 is 18.6. The van der Waals surface area contributed by atoms with Crippen molar-refractivity contribution in [2.75, 3.05) is 6.61 Å². The average molecular weight is 262 g/mol. The summed E-state index contributed by atoms with van der Waals surface area (Å²) in [7, 11) is 0. The molecule has 0 bridgehead atoms. The Labute approximate surface area is 99.8 Å². The lowest BCUT2D eigenvalue weighted by Crippen LogP contribution is -2.28. The first kappa shape index (κ1) is 12.4. The van der Waals surface area contributed by atoms with Crippen molar-refractivity contribution in [1.82, 2.24) is 4.98 Å². The molecule has 1 aromatic heterocycles. The van der Waals surface area contributed by atoms with E-state index in [2.05, 4.69) is 4.98 Å².